The largest absolute Gasteiger partial charge is 0.465 e. The minimum absolute atomic E-state index is 0.0176. The molecule has 1 amide bonds. The number of hydrogen-bond acceptors (Lipinski definition) is 8. The van der Waals surface area contributed by atoms with Gasteiger partial charge in [-0.15, -0.1) is 0 Å². The van der Waals surface area contributed by atoms with Crippen molar-refractivity contribution < 1.29 is 28.7 Å². The summed E-state index contributed by atoms with van der Waals surface area (Å²) in [6.45, 7) is 0. The summed E-state index contributed by atoms with van der Waals surface area (Å²) in [4.78, 5) is 49.4. The van der Waals surface area contributed by atoms with Crippen LogP contribution in [-0.2, 0) is 14.3 Å². The van der Waals surface area contributed by atoms with Crippen molar-refractivity contribution >= 4 is 29.3 Å². The zero-order valence-electron chi connectivity index (χ0n) is 16.1. The third-order valence-electron chi connectivity index (χ3n) is 4.51. The predicted molar refractivity (Wildman–Crippen MR) is 104 cm³/mol. The highest BCUT2D eigenvalue weighted by Gasteiger charge is 2.30. The Morgan fingerprint density at radius 3 is 2.17 bits per heavy atom. The van der Waals surface area contributed by atoms with Gasteiger partial charge in [-0.2, -0.15) is 5.11 Å². The predicted octanol–water partition coefficient (Wildman–Crippen LogP) is 3.09. The number of rotatable bonds is 5. The van der Waals surface area contributed by atoms with E-state index in [4.69, 9.17) is 5.53 Å². The lowest BCUT2D eigenvalue weighted by Gasteiger charge is -2.20. The maximum atomic E-state index is 12.8. The van der Waals surface area contributed by atoms with Crippen LogP contribution in [0.1, 0.15) is 42.7 Å². The first-order valence-electron chi connectivity index (χ1n) is 8.74. The summed E-state index contributed by atoms with van der Waals surface area (Å²) in [7, 11) is 2.36. The van der Waals surface area contributed by atoms with Crippen molar-refractivity contribution in [3.05, 3.63) is 76.4 Å². The number of nitrogens with one attached hydrogen (secondary N) is 2. The second-order valence-corrected chi connectivity index (χ2v) is 6.31. The van der Waals surface area contributed by atoms with Crippen LogP contribution in [0.15, 0.2) is 59.2 Å². The second kappa shape index (κ2) is 8.48. The van der Waals surface area contributed by atoms with Crippen LogP contribution in [0.2, 0.25) is 0 Å². The fraction of sp³-hybridized carbons (Fsp3) is 0.143. The number of ketones is 1. The standard InChI is InChI=1S/C21H17N3O6/c1-29-20(27)11-7-12(21(28)30-2)9-13(8-11)23-19(26)16-10-17(24-22)14-5-3-4-6-15(14)18(16)25/h3-10,17,22H,1-2H3,(H,23,26)/t17-/m1/s1. The molecule has 2 aromatic carbocycles. The number of anilines is 1. The van der Waals surface area contributed by atoms with Crippen LogP contribution < -0.4 is 5.32 Å². The van der Waals surface area contributed by atoms with Crippen LogP contribution in [0, 0.1) is 5.53 Å². The Labute approximate surface area is 171 Å². The van der Waals surface area contributed by atoms with E-state index in [-0.39, 0.29) is 28.0 Å². The Hall–Kier alpha value is -4.14. The molecule has 0 aromatic heterocycles. The molecule has 0 unspecified atom stereocenters. The minimum atomic E-state index is -0.772. The summed E-state index contributed by atoms with van der Waals surface area (Å²) in [5.41, 5.74) is 8.12. The van der Waals surface area contributed by atoms with Gasteiger partial charge in [0.05, 0.1) is 30.9 Å². The number of carbonyl (C=O) groups excluding carboxylic acids is 4. The van der Waals surface area contributed by atoms with Crippen molar-refractivity contribution in [2.75, 3.05) is 19.5 Å². The molecule has 0 saturated heterocycles. The number of hydrogen-bond donors (Lipinski definition) is 2. The summed E-state index contributed by atoms with van der Waals surface area (Å²) in [6, 6.07) is 9.72. The summed E-state index contributed by atoms with van der Waals surface area (Å²) in [5.74, 6) is -2.71. The number of nitrogens with zero attached hydrogens (tertiary/aromatic N) is 1. The van der Waals surface area contributed by atoms with Crippen molar-refractivity contribution in [3.8, 4) is 0 Å². The Balaban J connectivity index is 1.96. The lowest BCUT2D eigenvalue weighted by Crippen LogP contribution is -2.25. The third kappa shape index (κ3) is 3.86. The van der Waals surface area contributed by atoms with Crippen molar-refractivity contribution in [1.29, 1.82) is 5.53 Å². The Morgan fingerprint density at radius 1 is 1.00 bits per heavy atom. The maximum Gasteiger partial charge on any atom is 0.337 e. The van der Waals surface area contributed by atoms with E-state index < -0.39 is 29.7 Å². The van der Waals surface area contributed by atoms with Gasteiger partial charge in [0.2, 0.25) is 0 Å². The quantitative estimate of drug-likeness (QED) is 0.444. The van der Waals surface area contributed by atoms with Crippen molar-refractivity contribution in [1.82, 2.24) is 0 Å². The number of methoxy groups -OCH3 is 2. The average Bonchev–Trinajstić information content (AvgIpc) is 2.78. The Kier molecular flexibility index (Phi) is 5.82. The summed E-state index contributed by atoms with van der Waals surface area (Å²) in [5, 5.41) is 5.99. The van der Waals surface area contributed by atoms with E-state index in [1.807, 2.05) is 0 Å². The van der Waals surface area contributed by atoms with E-state index >= 15 is 0 Å². The fourth-order valence-corrected chi connectivity index (χ4v) is 3.09. The number of ether oxygens (including phenoxy) is 2. The monoisotopic (exact) mass is 407 g/mol. The Morgan fingerprint density at radius 2 is 1.60 bits per heavy atom. The van der Waals surface area contributed by atoms with E-state index in [0.29, 0.717) is 5.56 Å². The molecule has 0 aliphatic heterocycles. The molecule has 3 rings (SSSR count). The highest BCUT2D eigenvalue weighted by Crippen LogP contribution is 2.31. The first kappa shape index (κ1) is 20.6. The molecule has 0 fully saturated rings. The average molecular weight is 407 g/mol. The maximum absolute atomic E-state index is 12.8. The smallest absolute Gasteiger partial charge is 0.337 e. The molecule has 30 heavy (non-hydrogen) atoms. The zero-order chi connectivity index (χ0) is 21.8. The fourth-order valence-electron chi connectivity index (χ4n) is 3.09. The first-order chi connectivity index (χ1) is 14.4. The van der Waals surface area contributed by atoms with Crippen LogP contribution in [0.25, 0.3) is 0 Å². The number of Topliss-reactive ketones (excluding diaryl/α,β-unsaturated/α-hetero) is 1. The highest BCUT2D eigenvalue weighted by atomic mass is 16.5. The molecule has 1 aliphatic rings. The van der Waals surface area contributed by atoms with E-state index in [1.54, 1.807) is 24.3 Å². The molecule has 2 N–H and O–H groups in total. The Bertz CT molecular complexity index is 1070. The highest BCUT2D eigenvalue weighted by molar-refractivity contribution is 6.30. The molecule has 0 bridgehead atoms. The molecule has 2 aromatic rings. The van der Waals surface area contributed by atoms with E-state index in [0.717, 1.165) is 0 Å². The molecule has 0 spiro atoms. The van der Waals surface area contributed by atoms with Crippen LogP contribution in [0.5, 0.6) is 0 Å². The van der Waals surface area contributed by atoms with Gasteiger partial charge < -0.3 is 14.8 Å². The van der Waals surface area contributed by atoms with E-state index in [2.05, 4.69) is 19.9 Å². The molecule has 152 valence electrons. The normalized spacial score (nSPS) is 14.8. The number of benzene rings is 2. The number of amides is 1. The molecule has 1 aliphatic carbocycles. The molecule has 0 saturated carbocycles. The first-order valence-corrected chi connectivity index (χ1v) is 8.74. The lowest BCUT2D eigenvalue weighted by molar-refractivity contribution is -0.112. The third-order valence-corrected chi connectivity index (χ3v) is 4.51. The van der Waals surface area contributed by atoms with Gasteiger partial charge in [-0.05, 0) is 29.8 Å². The van der Waals surface area contributed by atoms with E-state index in [1.165, 1.54) is 38.5 Å². The SMILES string of the molecule is COC(=O)c1cc(NC(=O)C2=C[C@@H](N=N)c3ccccc3C2=O)cc(C(=O)OC)c1. The van der Waals surface area contributed by atoms with Crippen LogP contribution in [-0.4, -0.2) is 37.8 Å². The molecule has 1 atom stereocenters. The van der Waals surface area contributed by atoms with Gasteiger partial charge in [-0.25, -0.2) is 15.1 Å². The van der Waals surface area contributed by atoms with Crippen molar-refractivity contribution in [2.24, 2.45) is 5.11 Å². The molecular formula is C21H17N3O6. The second-order valence-electron chi connectivity index (χ2n) is 6.31. The zero-order valence-corrected chi connectivity index (χ0v) is 16.1. The topological polar surface area (TPSA) is 135 Å². The minimum Gasteiger partial charge on any atom is -0.465 e. The number of fused-ring (bicyclic) bond motifs is 1. The van der Waals surface area contributed by atoms with Gasteiger partial charge in [-0.3, -0.25) is 9.59 Å². The van der Waals surface area contributed by atoms with Crippen molar-refractivity contribution in [2.45, 2.75) is 6.04 Å². The van der Waals surface area contributed by atoms with Gasteiger partial charge in [0.15, 0.2) is 5.78 Å². The molecule has 0 radical (unpaired) electrons. The summed E-state index contributed by atoms with van der Waals surface area (Å²) >= 11 is 0. The van der Waals surface area contributed by atoms with Crippen LogP contribution in [0.4, 0.5) is 5.69 Å². The van der Waals surface area contributed by atoms with Crippen molar-refractivity contribution in [3.63, 3.8) is 0 Å². The number of carbonyl (C=O) groups is 4. The van der Waals surface area contributed by atoms with Crippen LogP contribution >= 0.6 is 0 Å². The van der Waals surface area contributed by atoms with Gasteiger partial charge in [0.25, 0.3) is 5.91 Å². The molecule has 9 heteroatoms. The molecular weight excluding hydrogens is 390 g/mol. The summed E-state index contributed by atoms with van der Waals surface area (Å²) in [6.07, 6.45) is 1.30. The summed E-state index contributed by atoms with van der Waals surface area (Å²) < 4.78 is 9.33. The van der Waals surface area contributed by atoms with Gasteiger partial charge in [0.1, 0.15) is 6.04 Å². The van der Waals surface area contributed by atoms with Gasteiger partial charge in [-0.1, -0.05) is 24.3 Å². The molecule has 9 nitrogen and oxygen atoms in total. The molecule has 0 heterocycles. The van der Waals surface area contributed by atoms with Gasteiger partial charge in [0, 0.05) is 11.3 Å². The van der Waals surface area contributed by atoms with Crippen LogP contribution in [0.3, 0.4) is 0 Å². The van der Waals surface area contributed by atoms with E-state index in [9.17, 15) is 19.2 Å². The lowest BCUT2D eigenvalue weighted by atomic mass is 9.87. The number of esters is 2. The van der Waals surface area contributed by atoms with Gasteiger partial charge >= 0.3 is 11.9 Å².